The number of hydrogen-bond acceptors (Lipinski definition) is 4. The molecule has 0 aromatic heterocycles. The maximum Gasteiger partial charge on any atom is 0.251 e. The molecule has 0 spiro atoms. The Kier molecular flexibility index (Phi) is 5.59. The largest absolute Gasteiger partial charge is 0.459 e. The van der Waals surface area contributed by atoms with Crippen LogP contribution in [-0.4, -0.2) is 22.7 Å². The van der Waals surface area contributed by atoms with E-state index in [0.717, 1.165) is 25.8 Å². The van der Waals surface area contributed by atoms with Crippen LogP contribution < -0.4 is 4.74 Å². The quantitative estimate of drug-likeness (QED) is 0.306. The minimum absolute atomic E-state index is 0.185. The maximum absolute atomic E-state index is 13.4. The van der Waals surface area contributed by atoms with E-state index in [4.69, 9.17) is 33.0 Å². The van der Waals surface area contributed by atoms with Gasteiger partial charge < -0.3 is 4.74 Å². The SMILES string of the molecule is O=C(c1ccc(Br)cc1)C1Oc2c(Cl)cc(Cl)cc2C2CC(c3ccc(Br)cc3)=NN12. The zero-order chi connectivity index (χ0) is 21.7. The number of ketones is 1. The molecule has 0 saturated carbocycles. The molecule has 0 amide bonds. The molecule has 156 valence electrons. The standard InChI is InChI=1S/C23H14Br2Cl2N2O2/c24-14-5-1-12(2-6-14)19-11-20-17-9-16(26)10-18(27)22(17)31-23(29(20)28-19)21(30)13-3-7-15(25)8-4-13/h1-10,20,23H,11H2. The van der Waals surface area contributed by atoms with Gasteiger partial charge in [-0.3, -0.25) is 4.79 Å². The summed E-state index contributed by atoms with van der Waals surface area (Å²) in [6.45, 7) is 0. The van der Waals surface area contributed by atoms with Gasteiger partial charge in [-0.1, -0.05) is 79.3 Å². The molecule has 0 fully saturated rings. The average Bonchev–Trinajstić information content (AvgIpc) is 3.19. The molecule has 4 nitrogen and oxygen atoms in total. The van der Waals surface area contributed by atoms with Gasteiger partial charge >= 0.3 is 0 Å². The van der Waals surface area contributed by atoms with E-state index in [0.29, 0.717) is 27.8 Å². The van der Waals surface area contributed by atoms with E-state index in [2.05, 4.69) is 31.9 Å². The van der Waals surface area contributed by atoms with Crippen molar-refractivity contribution in [1.82, 2.24) is 5.01 Å². The fourth-order valence-corrected chi connectivity index (χ4v) is 4.94. The van der Waals surface area contributed by atoms with Crippen molar-refractivity contribution in [2.45, 2.75) is 18.7 Å². The third kappa shape index (κ3) is 3.91. The highest BCUT2D eigenvalue weighted by Gasteiger charge is 2.44. The first kappa shape index (κ1) is 21.0. The number of nitrogens with zero attached hydrogens (tertiary/aromatic N) is 2. The van der Waals surface area contributed by atoms with Crippen molar-refractivity contribution < 1.29 is 9.53 Å². The molecular formula is C23H14Br2Cl2N2O2. The summed E-state index contributed by atoms with van der Waals surface area (Å²) in [5.74, 6) is 0.296. The third-order valence-electron chi connectivity index (χ3n) is 5.34. The van der Waals surface area contributed by atoms with Crippen LogP contribution in [0.4, 0.5) is 0 Å². The van der Waals surface area contributed by atoms with E-state index in [1.165, 1.54) is 0 Å². The van der Waals surface area contributed by atoms with Crippen LogP contribution in [0.2, 0.25) is 10.0 Å². The van der Waals surface area contributed by atoms with Crippen molar-refractivity contribution in [2.75, 3.05) is 0 Å². The Labute approximate surface area is 206 Å². The van der Waals surface area contributed by atoms with E-state index in [1.807, 2.05) is 42.5 Å². The first-order chi connectivity index (χ1) is 14.9. The second-order valence-electron chi connectivity index (χ2n) is 7.30. The average molecular weight is 581 g/mol. The summed E-state index contributed by atoms with van der Waals surface area (Å²) in [5, 5.41) is 7.44. The van der Waals surface area contributed by atoms with Crippen LogP contribution in [-0.2, 0) is 0 Å². The summed E-state index contributed by atoms with van der Waals surface area (Å²) in [6.07, 6.45) is -0.316. The fourth-order valence-electron chi connectivity index (χ4n) is 3.86. The number of hydrazone groups is 1. The van der Waals surface area contributed by atoms with Gasteiger partial charge in [0.1, 0.15) is 5.75 Å². The van der Waals surface area contributed by atoms with Gasteiger partial charge in [0.15, 0.2) is 0 Å². The number of hydrogen-bond donors (Lipinski definition) is 0. The molecule has 0 aliphatic carbocycles. The highest BCUT2D eigenvalue weighted by molar-refractivity contribution is 9.10. The molecule has 2 heterocycles. The number of halogens is 4. The van der Waals surface area contributed by atoms with Crippen molar-refractivity contribution in [1.29, 1.82) is 0 Å². The number of carbonyl (C=O) groups is 1. The highest BCUT2D eigenvalue weighted by atomic mass is 79.9. The van der Waals surface area contributed by atoms with Crippen molar-refractivity contribution in [3.8, 4) is 5.75 Å². The van der Waals surface area contributed by atoms with Gasteiger partial charge in [0.2, 0.25) is 5.78 Å². The normalized spacial score (nSPS) is 19.4. The van der Waals surface area contributed by atoms with E-state index in [1.54, 1.807) is 23.2 Å². The molecule has 2 atom stereocenters. The topological polar surface area (TPSA) is 41.9 Å². The molecule has 31 heavy (non-hydrogen) atoms. The van der Waals surface area contributed by atoms with E-state index < -0.39 is 6.23 Å². The minimum atomic E-state index is -0.926. The number of Topliss-reactive ketones (excluding diaryl/α,β-unsaturated/α-hetero) is 1. The first-order valence-electron chi connectivity index (χ1n) is 9.48. The van der Waals surface area contributed by atoms with Gasteiger partial charge in [0.25, 0.3) is 6.23 Å². The van der Waals surface area contributed by atoms with Crippen LogP contribution in [0.3, 0.4) is 0 Å². The lowest BCUT2D eigenvalue weighted by Gasteiger charge is -2.37. The van der Waals surface area contributed by atoms with Crippen LogP contribution >= 0.6 is 55.1 Å². The lowest BCUT2D eigenvalue weighted by Crippen LogP contribution is -2.46. The first-order valence-corrected chi connectivity index (χ1v) is 11.8. The molecule has 3 aromatic rings. The Balaban J connectivity index is 1.59. The van der Waals surface area contributed by atoms with E-state index in [9.17, 15) is 4.79 Å². The lowest BCUT2D eigenvalue weighted by molar-refractivity contribution is -0.00448. The van der Waals surface area contributed by atoms with E-state index in [-0.39, 0.29) is 11.8 Å². The number of fused-ring (bicyclic) bond motifs is 3. The lowest BCUT2D eigenvalue weighted by atomic mass is 9.95. The molecule has 2 unspecified atom stereocenters. The highest BCUT2D eigenvalue weighted by Crippen LogP contribution is 2.47. The van der Waals surface area contributed by atoms with Gasteiger partial charge in [-0.25, -0.2) is 5.01 Å². The van der Waals surface area contributed by atoms with Crippen LogP contribution in [0.25, 0.3) is 0 Å². The molecule has 2 aliphatic rings. The molecule has 0 radical (unpaired) electrons. The molecule has 2 aliphatic heterocycles. The maximum atomic E-state index is 13.4. The zero-order valence-corrected chi connectivity index (χ0v) is 20.5. The van der Waals surface area contributed by atoms with Gasteiger partial charge in [-0.05, 0) is 42.0 Å². The Morgan fingerprint density at radius 1 is 1.00 bits per heavy atom. The van der Waals surface area contributed by atoms with Gasteiger partial charge in [0, 0.05) is 31.5 Å². The van der Waals surface area contributed by atoms with Crippen molar-refractivity contribution in [2.24, 2.45) is 5.10 Å². The number of rotatable bonds is 3. The van der Waals surface area contributed by atoms with E-state index >= 15 is 0 Å². The number of benzene rings is 3. The van der Waals surface area contributed by atoms with Crippen LogP contribution in [0.15, 0.2) is 74.7 Å². The molecule has 5 rings (SSSR count). The van der Waals surface area contributed by atoms with Crippen molar-refractivity contribution in [3.63, 3.8) is 0 Å². The Bertz CT molecular complexity index is 1210. The summed E-state index contributed by atoms with van der Waals surface area (Å²) in [5.41, 5.74) is 3.22. The predicted molar refractivity (Wildman–Crippen MR) is 129 cm³/mol. The van der Waals surface area contributed by atoms with Crippen LogP contribution in [0, 0.1) is 0 Å². The number of carbonyl (C=O) groups excluding carboxylic acids is 1. The van der Waals surface area contributed by atoms with Crippen molar-refractivity contribution >= 4 is 66.6 Å². The summed E-state index contributed by atoms with van der Waals surface area (Å²) in [7, 11) is 0. The number of ether oxygens (including phenoxy) is 1. The second kappa shape index (κ2) is 8.24. The predicted octanol–water partition coefficient (Wildman–Crippen LogP) is 7.27. The van der Waals surface area contributed by atoms with Gasteiger partial charge in [-0.2, -0.15) is 5.10 Å². The van der Waals surface area contributed by atoms with Crippen LogP contribution in [0.1, 0.15) is 33.9 Å². The minimum Gasteiger partial charge on any atom is -0.459 e. The smallest absolute Gasteiger partial charge is 0.251 e. The molecule has 0 N–H and O–H groups in total. The summed E-state index contributed by atoms with van der Waals surface area (Å²) >= 11 is 19.6. The molecular weight excluding hydrogens is 567 g/mol. The summed E-state index contributed by atoms with van der Waals surface area (Å²) < 4.78 is 8.02. The Morgan fingerprint density at radius 3 is 2.32 bits per heavy atom. The van der Waals surface area contributed by atoms with Gasteiger partial charge in [-0.15, -0.1) is 0 Å². The Morgan fingerprint density at radius 2 is 1.65 bits per heavy atom. The fraction of sp³-hybridized carbons (Fsp3) is 0.130. The zero-order valence-electron chi connectivity index (χ0n) is 15.9. The summed E-state index contributed by atoms with van der Waals surface area (Å²) in [6, 6.07) is 18.4. The molecule has 0 bridgehead atoms. The van der Waals surface area contributed by atoms with Crippen molar-refractivity contribution in [3.05, 3.63) is 96.3 Å². The summed E-state index contributed by atoms with van der Waals surface area (Å²) in [4.78, 5) is 13.4. The second-order valence-corrected chi connectivity index (χ2v) is 9.98. The monoisotopic (exact) mass is 578 g/mol. The van der Waals surface area contributed by atoms with Crippen LogP contribution in [0.5, 0.6) is 5.75 Å². The molecule has 3 aromatic carbocycles. The molecule has 8 heteroatoms. The molecule has 0 saturated heterocycles. The third-order valence-corrected chi connectivity index (χ3v) is 6.89. The Hall–Kier alpha value is -1.86. The van der Waals surface area contributed by atoms with Gasteiger partial charge in [0.05, 0.1) is 16.8 Å².